The Labute approximate surface area is 194 Å². The number of hydrogen-bond donors (Lipinski definition) is 1. The predicted octanol–water partition coefficient (Wildman–Crippen LogP) is 4.94. The van der Waals surface area contributed by atoms with E-state index in [2.05, 4.69) is 12.2 Å². The van der Waals surface area contributed by atoms with E-state index in [0.717, 1.165) is 71.4 Å². The summed E-state index contributed by atoms with van der Waals surface area (Å²) in [6.45, 7) is 3.23. The second-order valence-electron chi connectivity index (χ2n) is 10.0. The number of ether oxygens (including phenoxy) is 5. The van der Waals surface area contributed by atoms with Crippen LogP contribution >= 0.6 is 0 Å². The van der Waals surface area contributed by atoms with E-state index in [9.17, 15) is 5.11 Å². The molecule has 0 aromatic rings. The number of rotatable bonds is 12. The van der Waals surface area contributed by atoms with Crippen LogP contribution in [0.4, 0.5) is 0 Å². The van der Waals surface area contributed by atoms with E-state index in [1.165, 1.54) is 38.5 Å². The lowest BCUT2D eigenvalue weighted by Crippen LogP contribution is -2.27. The molecular weight excluding hydrogens is 408 g/mol. The average molecular weight is 453 g/mol. The molecule has 6 heteroatoms. The van der Waals surface area contributed by atoms with Gasteiger partial charge in [-0.15, -0.1) is 0 Å². The van der Waals surface area contributed by atoms with Crippen LogP contribution in [0.3, 0.4) is 0 Å². The lowest BCUT2D eigenvalue weighted by molar-refractivity contribution is -0.171. The minimum Gasteiger partial charge on any atom is -0.368 e. The molecule has 3 unspecified atom stereocenters. The van der Waals surface area contributed by atoms with Gasteiger partial charge in [0.2, 0.25) is 0 Å². The third-order valence-corrected chi connectivity index (χ3v) is 7.56. The van der Waals surface area contributed by atoms with Crippen LogP contribution in [0.1, 0.15) is 83.5 Å². The van der Waals surface area contributed by atoms with Gasteiger partial charge in [-0.05, 0) is 82.0 Å². The molecule has 4 fully saturated rings. The van der Waals surface area contributed by atoms with Crippen molar-refractivity contribution in [1.82, 2.24) is 0 Å². The monoisotopic (exact) mass is 452 g/mol. The van der Waals surface area contributed by atoms with Crippen LogP contribution in [0, 0.1) is 17.8 Å². The standard InChI is InChI=1S/C26H44O6/c27-24-18-22-21(20(17-23(22)32-24)19-31-26-13-7-10-16-30-26)11-5-3-1-2-4-8-14-28-25-12-6-9-15-29-25/h5,11,20-27H,1-4,6-10,12-19H2/t20-,21-,22+,23+,24?,25?,26?/m0/s1. The highest BCUT2D eigenvalue weighted by atomic mass is 16.7. The molecule has 0 radical (unpaired) electrons. The van der Waals surface area contributed by atoms with Crippen LogP contribution in [0.15, 0.2) is 12.2 Å². The maximum absolute atomic E-state index is 9.95. The third-order valence-electron chi connectivity index (χ3n) is 7.56. The lowest BCUT2D eigenvalue weighted by Gasteiger charge is -2.26. The fourth-order valence-electron chi connectivity index (χ4n) is 5.76. The molecule has 0 spiro atoms. The third kappa shape index (κ3) is 7.51. The highest BCUT2D eigenvalue weighted by Crippen LogP contribution is 2.47. The van der Waals surface area contributed by atoms with Crippen LogP contribution in [-0.2, 0) is 23.7 Å². The van der Waals surface area contributed by atoms with Gasteiger partial charge in [-0.3, -0.25) is 0 Å². The van der Waals surface area contributed by atoms with Crippen molar-refractivity contribution < 1.29 is 28.8 Å². The fraction of sp³-hybridized carbons (Fsp3) is 0.923. The zero-order chi connectivity index (χ0) is 22.0. The van der Waals surface area contributed by atoms with Crippen molar-refractivity contribution in [3.63, 3.8) is 0 Å². The van der Waals surface area contributed by atoms with Crippen molar-refractivity contribution in [3.05, 3.63) is 12.2 Å². The quantitative estimate of drug-likeness (QED) is 0.334. The van der Waals surface area contributed by atoms with Gasteiger partial charge in [0.25, 0.3) is 0 Å². The van der Waals surface area contributed by atoms with Crippen molar-refractivity contribution >= 4 is 0 Å². The maximum atomic E-state index is 9.95. The molecule has 1 N–H and O–H groups in total. The van der Waals surface area contributed by atoms with Crippen molar-refractivity contribution in [1.29, 1.82) is 0 Å². The molecule has 3 heterocycles. The van der Waals surface area contributed by atoms with Crippen LogP contribution in [0.2, 0.25) is 0 Å². The molecule has 3 saturated heterocycles. The Bertz CT molecular complexity index is 542. The molecular formula is C26H44O6. The molecule has 0 bridgehead atoms. The molecule has 0 amide bonds. The van der Waals surface area contributed by atoms with E-state index in [-0.39, 0.29) is 18.7 Å². The van der Waals surface area contributed by atoms with Crippen LogP contribution in [0.5, 0.6) is 0 Å². The predicted molar refractivity (Wildman–Crippen MR) is 122 cm³/mol. The number of hydrogen-bond acceptors (Lipinski definition) is 6. The summed E-state index contributed by atoms with van der Waals surface area (Å²) in [5.41, 5.74) is 0. The molecule has 0 aromatic carbocycles. The second-order valence-corrected chi connectivity index (χ2v) is 10.0. The zero-order valence-corrected chi connectivity index (χ0v) is 19.7. The summed E-state index contributed by atoms with van der Waals surface area (Å²) in [4.78, 5) is 0. The molecule has 1 saturated carbocycles. The van der Waals surface area contributed by atoms with Gasteiger partial charge < -0.3 is 28.8 Å². The van der Waals surface area contributed by atoms with E-state index in [1.807, 2.05) is 0 Å². The zero-order valence-electron chi connectivity index (χ0n) is 19.7. The Morgan fingerprint density at radius 1 is 0.844 bits per heavy atom. The Hall–Kier alpha value is -0.500. The number of unbranched alkanes of at least 4 members (excludes halogenated alkanes) is 4. The van der Waals surface area contributed by atoms with E-state index in [4.69, 9.17) is 23.7 Å². The number of allylic oxidation sites excluding steroid dienone is 2. The van der Waals surface area contributed by atoms with Gasteiger partial charge in [0.05, 0.1) is 12.7 Å². The summed E-state index contributed by atoms with van der Waals surface area (Å²) in [5, 5.41) is 9.95. The number of aliphatic hydroxyl groups excluding tert-OH is 1. The first kappa shape index (κ1) is 24.6. The summed E-state index contributed by atoms with van der Waals surface area (Å²) >= 11 is 0. The van der Waals surface area contributed by atoms with Crippen LogP contribution < -0.4 is 0 Å². The largest absolute Gasteiger partial charge is 0.368 e. The smallest absolute Gasteiger partial charge is 0.157 e. The van der Waals surface area contributed by atoms with E-state index in [0.29, 0.717) is 17.8 Å². The summed E-state index contributed by atoms with van der Waals surface area (Å²) in [5.74, 6) is 1.31. The normalized spacial score (nSPS) is 37.8. The molecule has 32 heavy (non-hydrogen) atoms. The first-order chi connectivity index (χ1) is 15.8. The highest BCUT2D eigenvalue weighted by molar-refractivity contribution is 5.04. The second kappa shape index (κ2) is 13.4. The Morgan fingerprint density at radius 2 is 1.59 bits per heavy atom. The molecule has 7 atom stereocenters. The van der Waals surface area contributed by atoms with E-state index < -0.39 is 6.29 Å². The molecule has 0 aromatic heterocycles. The summed E-state index contributed by atoms with van der Waals surface area (Å²) in [6, 6.07) is 0. The molecule has 3 aliphatic heterocycles. The SMILES string of the molecule is OC1C[C@@H]2[C@@H](C=CCCCCCCOC3CCCCO3)[C@H](COC3CCCCO3)C[C@H]2O1. The lowest BCUT2D eigenvalue weighted by atomic mass is 9.87. The Kier molecular flexibility index (Phi) is 10.3. The summed E-state index contributed by atoms with van der Waals surface area (Å²) < 4.78 is 29.1. The summed E-state index contributed by atoms with van der Waals surface area (Å²) in [7, 11) is 0. The van der Waals surface area contributed by atoms with E-state index in [1.54, 1.807) is 0 Å². The van der Waals surface area contributed by atoms with Crippen LogP contribution in [-0.4, -0.2) is 56.5 Å². The van der Waals surface area contributed by atoms with Gasteiger partial charge in [-0.1, -0.05) is 25.0 Å². The first-order valence-corrected chi connectivity index (χ1v) is 13.3. The van der Waals surface area contributed by atoms with Gasteiger partial charge >= 0.3 is 0 Å². The van der Waals surface area contributed by atoms with Gasteiger partial charge in [-0.25, -0.2) is 0 Å². The first-order valence-electron chi connectivity index (χ1n) is 13.3. The minimum atomic E-state index is -0.592. The molecule has 184 valence electrons. The Morgan fingerprint density at radius 3 is 2.34 bits per heavy atom. The molecule has 1 aliphatic carbocycles. The van der Waals surface area contributed by atoms with Gasteiger partial charge in [-0.2, -0.15) is 0 Å². The Balaban J connectivity index is 1.12. The number of aliphatic hydroxyl groups is 1. The average Bonchev–Trinajstić information content (AvgIpc) is 3.33. The van der Waals surface area contributed by atoms with Crippen molar-refractivity contribution in [2.45, 2.75) is 108 Å². The summed E-state index contributed by atoms with van der Waals surface area (Å²) in [6.07, 6.45) is 18.8. The van der Waals surface area contributed by atoms with Gasteiger partial charge in [0.1, 0.15) is 0 Å². The molecule has 6 nitrogen and oxygen atoms in total. The van der Waals surface area contributed by atoms with Gasteiger partial charge in [0.15, 0.2) is 18.9 Å². The van der Waals surface area contributed by atoms with Crippen molar-refractivity contribution in [2.75, 3.05) is 26.4 Å². The minimum absolute atomic E-state index is 0.0333. The highest BCUT2D eigenvalue weighted by Gasteiger charge is 2.48. The fourth-order valence-corrected chi connectivity index (χ4v) is 5.76. The van der Waals surface area contributed by atoms with Crippen molar-refractivity contribution in [2.24, 2.45) is 17.8 Å². The maximum Gasteiger partial charge on any atom is 0.157 e. The molecule has 4 rings (SSSR count). The number of fused-ring (bicyclic) bond motifs is 1. The topological polar surface area (TPSA) is 66.4 Å². The van der Waals surface area contributed by atoms with Crippen molar-refractivity contribution in [3.8, 4) is 0 Å². The van der Waals surface area contributed by atoms with Gasteiger partial charge in [0, 0.05) is 26.2 Å². The molecule has 4 aliphatic rings. The van der Waals surface area contributed by atoms with Crippen LogP contribution in [0.25, 0.3) is 0 Å². The van der Waals surface area contributed by atoms with E-state index >= 15 is 0 Å².